The fraction of sp³-hybridized carbons (Fsp3) is 0.231. The maximum Gasteiger partial charge on any atom is 0.416 e. The summed E-state index contributed by atoms with van der Waals surface area (Å²) >= 11 is 0. The van der Waals surface area contributed by atoms with E-state index in [4.69, 9.17) is 14.6 Å². The molecule has 0 unspecified atom stereocenters. The van der Waals surface area contributed by atoms with Crippen LogP contribution in [0.25, 0.3) is 0 Å². The van der Waals surface area contributed by atoms with E-state index < -0.39 is 17.7 Å². The molecule has 2 aliphatic rings. The maximum atomic E-state index is 12.9. The van der Waals surface area contributed by atoms with Crippen molar-refractivity contribution in [3.63, 3.8) is 0 Å². The molecule has 0 aromatic heterocycles. The second kappa shape index (κ2) is 8.65. The Morgan fingerprint density at radius 1 is 1.11 bits per heavy atom. The van der Waals surface area contributed by atoms with Gasteiger partial charge in [-0.2, -0.15) is 13.2 Å². The molecule has 0 saturated heterocycles. The minimum atomic E-state index is -4.44. The molecule has 1 atom stereocenters. The predicted molar refractivity (Wildman–Crippen MR) is 120 cm³/mol. The van der Waals surface area contributed by atoms with E-state index in [1.54, 1.807) is 30.3 Å². The number of anilines is 1. The minimum Gasteiger partial charge on any atom is -0.492 e. The van der Waals surface area contributed by atoms with Gasteiger partial charge in [-0.1, -0.05) is 18.2 Å². The molecule has 2 aliphatic heterocycles. The van der Waals surface area contributed by atoms with Gasteiger partial charge < -0.3 is 19.5 Å². The summed E-state index contributed by atoms with van der Waals surface area (Å²) in [5, 5.41) is 9.04. The van der Waals surface area contributed by atoms with Crippen molar-refractivity contribution in [2.45, 2.75) is 31.7 Å². The second-order valence-electron chi connectivity index (χ2n) is 8.47. The number of ether oxygens (including phenoxy) is 2. The molecule has 5 rings (SSSR count). The van der Waals surface area contributed by atoms with Crippen LogP contribution in [0.2, 0.25) is 0 Å². The highest BCUT2D eigenvalue weighted by Crippen LogP contribution is 2.39. The quantitative estimate of drug-likeness (QED) is 0.509. The molecular weight excluding hydrogens is 463 g/mol. The SMILES string of the molecule is O=C(O)C[C@H]1COc2cc(OCc3cccc4c3CN(c3ccc(C(F)(F)F)cc3)C4=O)ccc21. The van der Waals surface area contributed by atoms with Gasteiger partial charge in [0.2, 0.25) is 0 Å². The van der Waals surface area contributed by atoms with E-state index >= 15 is 0 Å². The van der Waals surface area contributed by atoms with Crippen molar-refractivity contribution in [2.75, 3.05) is 11.5 Å². The smallest absolute Gasteiger partial charge is 0.416 e. The number of hydrogen-bond donors (Lipinski definition) is 1. The lowest BCUT2D eigenvalue weighted by Gasteiger charge is -2.17. The number of carbonyl (C=O) groups is 2. The molecule has 0 fully saturated rings. The van der Waals surface area contributed by atoms with Crippen molar-refractivity contribution in [1.82, 2.24) is 0 Å². The third kappa shape index (κ3) is 4.41. The lowest BCUT2D eigenvalue weighted by molar-refractivity contribution is -0.138. The first-order valence-corrected chi connectivity index (χ1v) is 10.9. The summed E-state index contributed by atoms with van der Waals surface area (Å²) in [7, 11) is 0. The van der Waals surface area contributed by atoms with Gasteiger partial charge in [0.15, 0.2) is 0 Å². The summed E-state index contributed by atoms with van der Waals surface area (Å²) in [4.78, 5) is 25.4. The molecule has 180 valence electrons. The number of carboxylic acids is 1. The summed E-state index contributed by atoms with van der Waals surface area (Å²) < 4.78 is 50.2. The van der Waals surface area contributed by atoms with Gasteiger partial charge in [-0.25, -0.2) is 0 Å². The lowest BCUT2D eigenvalue weighted by atomic mass is 9.98. The number of hydrogen-bond acceptors (Lipinski definition) is 4. The maximum absolute atomic E-state index is 12.9. The third-order valence-electron chi connectivity index (χ3n) is 6.25. The average Bonchev–Trinajstić information content (AvgIpc) is 3.37. The molecule has 1 N–H and O–H groups in total. The molecule has 0 spiro atoms. The minimum absolute atomic E-state index is 0.00713. The van der Waals surface area contributed by atoms with Gasteiger partial charge in [0.1, 0.15) is 18.1 Å². The number of benzene rings is 3. The Morgan fingerprint density at radius 2 is 1.89 bits per heavy atom. The van der Waals surface area contributed by atoms with Crippen molar-refractivity contribution in [1.29, 1.82) is 0 Å². The van der Waals surface area contributed by atoms with Crippen LogP contribution in [0.1, 0.15) is 45.0 Å². The van der Waals surface area contributed by atoms with Gasteiger partial charge in [0.05, 0.1) is 25.1 Å². The Balaban J connectivity index is 1.31. The molecule has 3 aromatic rings. The van der Waals surface area contributed by atoms with Crippen LogP contribution in [0.3, 0.4) is 0 Å². The zero-order chi connectivity index (χ0) is 24.7. The number of rotatable bonds is 6. The second-order valence-corrected chi connectivity index (χ2v) is 8.47. The van der Waals surface area contributed by atoms with E-state index in [1.165, 1.54) is 17.0 Å². The van der Waals surface area contributed by atoms with Crippen molar-refractivity contribution in [3.05, 3.63) is 88.5 Å². The summed E-state index contributed by atoms with van der Waals surface area (Å²) in [5.41, 5.74) is 2.48. The zero-order valence-electron chi connectivity index (χ0n) is 18.3. The molecule has 0 radical (unpaired) electrons. The van der Waals surface area contributed by atoms with E-state index in [2.05, 4.69) is 0 Å². The van der Waals surface area contributed by atoms with Gasteiger partial charge in [0, 0.05) is 28.8 Å². The number of aliphatic carboxylic acids is 1. The first-order chi connectivity index (χ1) is 16.7. The zero-order valence-corrected chi connectivity index (χ0v) is 18.3. The number of fused-ring (bicyclic) bond motifs is 2. The number of amides is 1. The van der Waals surface area contributed by atoms with Gasteiger partial charge in [-0.05, 0) is 47.5 Å². The highest BCUT2D eigenvalue weighted by atomic mass is 19.4. The van der Waals surface area contributed by atoms with Crippen molar-refractivity contribution >= 4 is 17.6 Å². The van der Waals surface area contributed by atoms with Crippen molar-refractivity contribution in [3.8, 4) is 11.5 Å². The van der Waals surface area contributed by atoms with E-state index in [0.717, 1.165) is 28.8 Å². The average molecular weight is 483 g/mol. The van der Waals surface area contributed by atoms with Crippen LogP contribution in [-0.2, 0) is 24.1 Å². The van der Waals surface area contributed by atoms with E-state index in [9.17, 15) is 22.8 Å². The first kappa shape index (κ1) is 22.8. The Labute approximate surface area is 198 Å². The van der Waals surface area contributed by atoms with Gasteiger partial charge >= 0.3 is 12.1 Å². The Morgan fingerprint density at radius 3 is 2.60 bits per heavy atom. The largest absolute Gasteiger partial charge is 0.492 e. The predicted octanol–water partition coefficient (Wildman–Crippen LogP) is 5.40. The molecular formula is C26H20F3NO5. The number of carbonyl (C=O) groups excluding carboxylic acids is 1. The van der Waals surface area contributed by atoms with Crippen LogP contribution < -0.4 is 14.4 Å². The Kier molecular flexibility index (Phi) is 5.62. The normalized spacial score (nSPS) is 16.6. The lowest BCUT2D eigenvalue weighted by Crippen LogP contribution is -2.23. The van der Waals surface area contributed by atoms with E-state index in [0.29, 0.717) is 29.4 Å². The summed E-state index contributed by atoms with van der Waals surface area (Å²) in [6, 6.07) is 15.1. The van der Waals surface area contributed by atoms with Crippen molar-refractivity contribution in [2.24, 2.45) is 0 Å². The summed E-state index contributed by atoms with van der Waals surface area (Å²) in [5.74, 6) is -0.227. The molecule has 0 aliphatic carbocycles. The molecule has 6 nitrogen and oxygen atoms in total. The fourth-order valence-electron chi connectivity index (χ4n) is 4.46. The summed E-state index contributed by atoms with van der Waals surface area (Å²) in [6.45, 7) is 0.705. The molecule has 9 heteroatoms. The highest BCUT2D eigenvalue weighted by Gasteiger charge is 2.33. The van der Waals surface area contributed by atoms with Crippen LogP contribution in [-0.4, -0.2) is 23.6 Å². The molecule has 3 aromatic carbocycles. The van der Waals surface area contributed by atoms with E-state index in [-0.39, 0.29) is 31.4 Å². The Bertz CT molecular complexity index is 1300. The van der Waals surface area contributed by atoms with Gasteiger partial charge in [-0.15, -0.1) is 0 Å². The highest BCUT2D eigenvalue weighted by molar-refractivity contribution is 6.10. The summed E-state index contributed by atoms with van der Waals surface area (Å²) in [6.07, 6.45) is -4.45. The first-order valence-electron chi connectivity index (χ1n) is 10.9. The van der Waals surface area contributed by atoms with Gasteiger partial charge in [0.25, 0.3) is 5.91 Å². The molecule has 2 heterocycles. The van der Waals surface area contributed by atoms with Crippen LogP contribution in [0.4, 0.5) is 18.9 Å². The molecule has 0 saturated carbocycles. The Hall–Kier alpha value is -4.01. The monoisotopic (exact) mass is 483 g/mol. The van der Waals surface area contributed by atoms with Crippen LogP contribution in [0.15, 0.2) is 60.7 Å². The molecule has 1 amide bonds. The fourth-order valence-corrected chi connectivity index (χ4v) is 4.46. The molecule has 35 heavy (non-hydrogen) atoms. The number of alkyl halides is 3. The van der Waals surface area contributed by atoms with E-state index in [1.807, 2.05) is 6.07 Å². The molecule has 0 bridgehead atoms. The number of carboxylic acid groups (broad SMARTS) is 1. The topological polar surface area (TPSA) is 76.1 Å². The van der Waals surface area contributed by atoms with Crippen molar-refractivity contribution < 1.29 is 37.3 Å². The van der Waals surface area contributed by atoms with Crippen LogP contribution in [0.5, 0.6) is 11.5 Å². The number of halogens is 3. The van der Waals surface area contributed by atoms with Gasteiger partial charge in [-0.3, -0.25) is 9.59 Å². The number of nitrogens with zero attached hydrogens (tertiary/aromatic N) is 1. The van der Waals surface area contributed by atoms with Crippen LogP contribution >= 0.6 is 0 Å². The standard InChI is InChI=1S/C26H20F3NO5/c27-26(28,29)17-4-6-18(7-5-17)30-12-22-15(2-1-3-21(22)25(30)33)13-34-19-8-9-20-16(10-24(31)32)14-35-23(20)11-19/h1-9,11,16H,10,12-14H2,(H,31,32)/t16-/m0/s1. The third-order valence-corrected chi connectivity index (χ3v) is 6.25. The van der Waals surface area contributed by atoms with Crippen LogP contribution in [0, 0.1) is 0 Å².